The van der Waals surface area contributed by atoms with Gasteiger partial charge in [-0.05, 0) is 36.8 Å². The maximum atomic E-state index is 13.0. The van der Waals surface area contributed by atoms with E-state index >= 15 is 0 Å². The van der Waals surface area contributed by atoms with Crippen LogP contribution in [0, 0.1) is 0 Å². The van der Waals surface area contributed by atoms with E-state index in [1.165, 1.54) is 6.07 Å². The molecule has 0 saturated heterocycles. The van der Waals surface area contributed by atoms with Gasteiger partial charge in [0.05, 0.1) is 11.9 Å². The molecule has 3 aromatic rings. The average Bonchev–Trinajstić information content (AvgIpc) is 2.68. The molecule has 3 rings (SSSR count). The first-order valence-corrected chi connectivity index (χ1v) is 11.2. The molecule has 0 fully saturated rings. The van der Waals surface area contributed by atoms with Gasteiger partial charge in [-0.25, -0.2) is 8.42 Å². The number of sulfonamides is 1. The standard InChI is InChI=1S/C22H21ClN2O3S/c1-16(25(29(2,27)28)19-12-8-11-18(23)15-19)22(26)24-21-14-7-6-13-20(21)17-9-4-3-5-10-17/h3-16H,1-2H3,(H,24,26)/t16-/m1/s1. The van der Waals surface area contributed by atoms with Gasteiger partial charge in [0.2, 0.25) is 15.9 Å². The van der Waals surface area contributed by atoms with Crippen molar-refractivity contribution in [3.63, 3.8) is 0 Å². The van der Waals surface area contributed by atoms with Crippen LogP contribution in [0.15, 0.2) is 78.9 Å². The van der Waals surface area contributed by atoms with Crippen LogP contribution in [0.3, 0.4) is 0 Å². The average molecular weight is 429 g/mol. The van der Waals surface area contributed by atoms with Crippen LogP contribution in [0.25, 0.3) is 11.1 Å². The number of amides is 1. The minimum atomic E-state index is -3.72. The van der Waals surface area contributed by atoms with Gasteiger partial charge >= 0.3 is 0 Å². The lowest BCUT2D eigenvalue weighted by atomic mass is 10.0. The molecule has 1 N–H and O–H groups in total. The number of anilines is 2. The van der Waals surface area contributed by atoms with Crippen LogP contribution < -0.4 is 9.62 Å². The van der Waals surface area contributed by atoms with E-state index in [0.29, 0.717) is 16.4 Å². The van der Waals surface area contributed by atoms with Crippen LogP contribution >= 0.6 is 11.6 Å². The topological polar surface area (TPSA) is 66.5 Å². The summed E-state index contributed by atoms with van der Waals surface area (Å²) in [4.78, 5) is 13.0. The van der Waals surface area contributed by atoms with E-state index in [9.17, 15) is 13.2 Å². The molecule has 5 nitrogen and oxygen atoms in total. The van der Waals surface area contributed by atoms with Crippen molar-refractivity contribution in [2.75, 3.05) is 15.9 Å². The predicted molar refractivity (Wildman–Crippen MR) is 119 cm³/mol. The molecule has 0 spiro atoms. The van der Waals surface area contributed by atoms with Crippen molar-refractivity contribution in [1.82, 2.24) is 0 Å². The van der Waals surface area contributed by atoms with E-state index in [1.54, 1.807) is 31.2 Å². The highest BCUT2D eigenvalue weighted by molar-refractivity contribution is 7.92. The Morgan fingerprint density at radius 2 is 1.62 bits per heavy atom. The lowest BCUT2D eigenvalue weighted by Gasteiger charge is -2.28. The van der Waals surface area contributed by atoms with Gasteiger partial charge < -0.3 is 5.32 Å². The zero-order chi connectivity index (χ0) is 21.0. The van der Waals surface area contributed by atoms with Crippen LogP contribution in [0.2, 0.25) is 5.02 Å². The molecule has 0 aliphatic heterocycles. The summed E-state index contributed by atoms with van der Waals surface area (Å²) in [5.41, 5.74) is 2.74. The number of hydrogen-bond donors (Lipinski definition) is 1. The summed E-state index contributed by atoms with van der Waals surface area (Å²) in [7, 11) is -3.72. The molecule has 1 amide bonds. The molecular formula is C22H21ClN2O3S. The second-order valence-corrected chi connectivity index (χ2v) is 8.91. The molecule has 7 heteroatoms. The zero-order valence-electron chi connectivity index (χ0n) is 16.0. The molecule has 0 aliphatic rings. The molecule has 0 radical (unpaired) electrons. The highest BCUT2D eigenvalue weighted by Gasteiger charge is 2.29. The Bertz CT molecular complexity index is 1120. The van der Waals surface area contributed by atoms with Gasteiger partial charge in [-0.1, -0.05) is 66.2 Å². The maximum absolute atomic E-state index is 13.0. The van der Waals surface area contributed by atoms with E-state index < -0.39 is 22.0 Å². The van der Waals surface area contributed by atoms with Crippen LogP contribution in [-0.4, -0.2) is 26.6 Å². The molecule has 3 aromatic carbocycles. The molecule has 0 unspecified atom stereocenters. The van der Waals surface area contributed by atoms with Crippen molar-refractivity contribution in [3.8, 4) is 11.1 Å². The van der Waals surface area contributed by atoms with Crippen molar-refractivity contribution >= 4 is 38.9 Å². The largest absolute Gasteiger partial charge is 0.324 e. The maximum Gasteiger partial charge on any atom is 0.248 e. The first-order chi connectivity index (χ1) is 13.8. The molecule has 0 heterocycles. The predicted octanol–water partition coefficient (Wildman–Crippen LogP) is 4.80. The Hall–Kier alpha value is -2.83. The molecule has 1 atom stereocenters. The van der Waals surface area contributed by atoms with Crippen LogP contribution in [-0.2, 0) is 14.8 Å². The van der Waals surface area contributed by atoms with Gasteiger partial charge in [0, 0.05) is 16.3 Å². The third-order valence-electron chi connectivity index (χ3n) is 4.42. The van der Waals surface area contributed by atoms with Crippen LogP contribution in [0.5, 0.6) is 0 Å². The van der Waals surface area contributed by atoms with Crippen molar-refractivity contribution in [2.45, 2.75) is 13.0 Å². The van der Waals surface area contributed by atoms with Gasteiger partial charge in [-0.15, -0.1) is 0 Å². The minimum absolute atomic E-state index is 0.332. The van der Waals surface area contributed by atoms with Crippen molar-refractivity contribution in [1.29, 1.82) is 0 Å². The van der Waals surface area contributed by atoms with E-state index in [2.05, 4.69) is 5.32 Å². The van der Waals surface area contributed by atoms with Gasteiger partial charge in [0.15, 0.2) is 0 Å². The summed E-state index contributed by atoms with van der Waals surface area (Å²) >= 11 is 6.02. The summed E-state index contributed by atoms with van der Waals surface area (Å²) in [6.45, 7) is 1.54. The molecule has 0 aromatic heterocycles. The van der Waals surface area contributed by atoms with Crippen molar-refractivity contribution in [3.05, 3.63) is 83.9 Å². The van der Waals surface area contributed by atoms with Crippen LogP contribution in [0.1, 0.15) is 6.92 Å². The molecule has 150 valence electrons. The summed E-state index contributed by atoms with van der Waals surface area (Å²) in [5.74, 6) is -0.446. The molecule has 0 bridgehead atoms. The second kappa shape index (κ2) is 8.68. The number of nitrogens with zero attached hydrogens (tertiary/aromatic N) is 1. The third-order valence-corrected chi connectivity index (χ3v) is 5.90. The number of carbonyl (C=O) groups excluding carboxylic acids is 1. The summed E-state index contributed by atoms with van der Waals surface area (Å²) < 4.78 is 25.9. The second-order valence-electron chi connectivity index (χ2n) is 6.62. The van der Waals surface area contributed by atoms with Gasteiger partial charge in [-0.2, -0.15) is 0 Å². The quantitative estimate of drug-likeness (QED) is 0.613. The Labute approximate surface area is 176 Å². The van der Waals surface area contributed by atoms with Gasteiger partial charge in [-0.3, -0.25) is 9.10 Å². The van der Waals surface area contributed by atoms with E-state index in [4.69, 9.17) is 11.6 Å². The monoisotopic (exact) mass is 428 g/mol. The number of benzene rings is 3. The Morgan fingerprint density at radius 3 is 2.28 bits per heavy atom. The number of para-hydroxylation sites is 1. The Kier molecular flexibility index (Phi) is 6.25. The van der Waals surface area contributed by atoms with Crippen molar-refractivity contribution in [2.24, 2.45) is 0 Å². The van der Waals surface area contributed by atoms with Gasteiger partial charge in [0.1, 0.15) is 6.04 Å². The molecule has 0 saturated carbocycles. The molecule has 0 aliphatic carbocycles. The minimum Gasteiger partial charge on any atom is -0.324 e. The van der Waals surface area contributed by atoms with E-state index in [0.717, 1.165) is 21.7 Å². The van der Waals surface area contributed by atoms with Gasteiger partial charge in [0.25, 0.3) is 0 Å². The number of hydrogen-bond acceptors (Lipinski definition) is 3. The lowest BCUT2D eigenvalue weighted by molar-refractivity contribution is -0.116. The first-order valence-electron chi connectivity index (χ1n) is 8.97. The SMILES string of the molecule is C[C@H](C(=O)Nc1ccccc1-c1ccccc1)N(c1cccc(Cl)c1)S(C)(=O)=O. The summed E-state index contributed by atoms with van der Waals surface area (Å²) in [6.07, 6.45) is 1.07. The third kappa shape index (κ3) is 4.96. The lowest BCUT2D eigenvalue weighted by Crippen LogP contribution is -2.45. The smallest absolute Gasteiger partial charge is 0.248 e. The first kappa shape index (κ1) is 20.9. The van der Waals surface area contributed by atoms with Crippen LogP contribution in [0.4, 0.5) is 11.4 Å². The summed E-state index contributed by atoms with van der Waals surface area (Å²) in [6, 6.07) is 22.5. The van der Waals surface area contributed by atoms with Crippen molar-refractivity contribution < 1.29 is 13.2 Å². The number of halogens is 1. The van der Waals surface area contributed by atoms with E-state index in [1.807, 2.05) is 48.5 Å². The fourth-order valence-corrected chi connectivity index (χ4v) is 4.47. The van der Waals surface area contributed by atoms with E-state index in [-0.39, 0.29) is 0 Å². The Morgan fingerprint density at radius 1 is 0.966 bits per heavy atom. The normalized spacial score (nSPS) is 12.2. The molecular weight excluding hydrogens is 408 g/mol. The molecule has 29 heavy (non-hydrogen) atoms. The summed E-state index contributed by atoms with van der Waals surface area (Å²) in [5, 5.41) is 3.25. The zero-order valence-corrected chi connectivity index (χ0v) is 17.6. The number of carbonyl (C=O) groups is 1. The fourth-order valence-electron chi connectivity index (χ4n) is 3.12. The Balaban J connectivity index is 1.92. The fraction of sp³-hybridized carbons (Fsp3) is 0.136. The number of rotatable bonds is 6. The highest BCUT2D eigenvalue weighted by atomic mass is 35.5. The highest BCUT2D eigenvalue weighted by Crippen LogP contribution is 2.29. The number of nitrogens with one attached hydrogen (secondary N) is 1.